The van der Waals surface area contributed by atoms with Crippen LogP contribution in [-0.2, 0) is 0 Å². The second kappa shape index (κ2) is 4.68. The van der Waals surface area contributed by atoms with Gasteiger partial charge >= 0.3 is 0 Å². The van der Waals surface area contributed by atoms with Gasteiger partial charge in [-0.25, -0.2) is 9.98 Å². The molecule has 2 rings (SSSR count). The number of aliphatic imine (C=N–C) groups is 2. The smallest absolute Gasteiger partial charge is 0.189 e. The zero-order valence-corrected chi connectivity index (χ0v) is 9.68. The minimum absolute atomic E-state index is 0.419. The van der Waals surface area contributed by atoms with Gasteiger partial charge in [0.2, 0.25) is 0 Å². The maximum absolute atomic E-state index is 5.94. The lowest BCUT2D eigenvalue weighted by Gasteiger charge is -1.89. The van der Waals surface area contributed by atoms with Crippen LogP contribution in [0.5, 0.6) is 0 Å². The van der Waals surface area contributed by atoms with Gasteiger partial charge in [0.15, 0.2) is 10.3 Å². The van der Waals surface area contributed by atoms with Crippen LogP contribution in [0.25, 0.3) is 6.08 Å². The molecule has 0 bridgehead atoms. The fourth-order valence-corrected chi connectivity index (χ4v) is 1.91. The Morgan fingerprint density at radius 3 is 3.07 bits per heavy atom. The SMILES string of the molecule is CCSC1=N/C(=C/c2ccco2)C(Cl)=N1. The van der Waals surface area contributed by atoms with Gasteiger partial charge in [-0.1, -0.05) is 30.3 Å². The van der Waals surface area contributed by atoms with Crippen LogP contribution in [0.3, 0.4) is 0 Å². The highest BCUT2D eigenvalue weighted by atomic mass is 35.5. The van der Waals surface area contributed by atoms with E-state index in [1.54, 1.807) is 24.1 Å². The minimum atomic E-state index is 0.419. The molecule has 0 amide bonds. The van der Waals surface area contributed by atoms with Gasteiger partial charge in [-0.15, -0.1) is 0 Å². The molecule has 0 radical (unpaired) electrons. The van der Waals surface area contributed by atoms with E-state index in [0.717, 1.165) is 11.5 Å². The number of furan rings is 1. The molecule has 2 heterocycles. The second-order valence-electron chi connectivity index (χ2n) is 2.78. The van der Waals surface area contributed by atoms with E-state index in [2.05, 4.69) is 9.98 Å². The number of rotatable bonds is 2. The van der Waals surface area contributed by atoms with Gasteiger partial charge in [0, 0.05) is 6.08 Å². The van der Waals surface area contributed by atoms with Crippen LogP contribution in [0.2, 0.25) is 0 Å². The van der Waals surface area contributed by atoms with Crippen molar-refractivity contribution in [1.82, 2.24) is 0 Å². The summed E-state index contributed by atoms with van der Waals surface area (Å²) < 4.78 is 5.17. The highest BCUT2D eigenvalue weighted by Gasteiger charge is 2.14. The average Bonchev–Trinajstić information content (AvgIpc) is 2.79. The zero-order chi connectivity index (χ0) is 10.7. The van der Waals surface area contributed by atoms with E-state index in [0.29, 0.717) is 16.0 Å². The summed E-state index contributed by atoms with van der Waals surface area (Å²) in [6, 6.07) is 3.66. The molecule has 1 aliphatic rings. The molecule has 0 saturated heterocycles. The third-order valence-corrected chi connectivity index (χ3v) is 2.72. The Balaban J connectivity index is 2.22. The number of allylic oxidation sites excluding steroid dienone is 1. The lowest BCUT2D eigenvalue weighted by molar-refractivity contribution is 0.557. The maximum atomic E-state index is 5.94. The molecule has 0 unspecified atom stereocenters. The topological polar surface area (TPSA) is 37.9 Å². The van der Waals surface area contributed by atoms with Crippen LogP contribution < -0.4 is 0 Å². The molecule has 0 spiro atoms. The summed E-state index contributed by atoms with van der Waals surface area (Å²) in [6.07, 6.45) is 3.38. The molecule has 1 aromatic heterocycles. The first kappa shape index (κ1) is 10.5. The van der Waals surface area contributed by atoms with Crippen LogP contribution in [0.4, 0.5) is 0 Å². The van der Waals surface area contributed by atoms with E-state index in [1.807, 2.05) is 19.1 Å². The van der Waals surface area contributed by atoms with Crippen molar-refractivity contribution in [1.29, 1.82) is 0 Å². The molecule has 1 aliphatic heterocycles. The van der Waals surface area contributed by atoms with Gasteiger partial charge < -0.3 is 4.42 Å². The first-order chi connectivity index (χ1) is 7.29. The third-order valence-electron chi connectivity index (χ3n) is 1.72. The summed E-state index contributed by atoms with van der Waals surface area (Å²) in [6.45, 7) is 2.05. The Bertz CT molecular complexity index is 434. The predicted octanol–water partition coefficient (Wildman–Crippen LogP) is 3.38. The Labute approximate surface area is 96.9 Å². The third kappa shape index (κ3) is 2.52. The first-order valence-electron chi connectivity index (χ1n) is 4.51. The molecule has 0 aromatic carbocycles. The lowest BCUT2D eigenvalue weighted by Crippen LogP contribution is -1.84. The van der Waals surface area contributed by atoms with E-state index >= 15 is 0 Å². The molecule has 15 heavy (non-hydrogen) atoms. The molecule has 0 fully saturated rings. The summed E-state index contributed by atoms with van der Waals surface area (Å²) in [7, 11) is 0. The van der Waals surface area contributed by atoms with Gasteiger partial charge in [0.25, 0.3) is 0 Å². The molecule has 5 heteroatoms. The summed E-state index contributed by atoms with van der Waals surface area (Å²) in [4.78, 5) is 8.40. The average molecular weight is 241 g/mol. The van der Waals surface area contributed by atoms with E-state index in [1.165, 1.54) is 0 Å². The van der Waals surface area contributed by atoms with Crippen molar-refractivity contribution in [2.45, 2.75) is 6.92 Å². The Morgan fingerprint density at radius 2 is 2.40 bits per heavy atom. The molecule has 0 saturated carbocycles. The van der Waals surface area contributed by atoms with Crippen LogP contribution in [0.15, 0.2) is 38.5 Å². The maximum Gasteiger partial charge on any atom is 0.189 e. The van der Waals surface area contributed by atoms with Gasteiger partial charge in [0.05, 0.1) is 6.26 Å². The molecule has 0 N–H and O–H groups in total. The van der Waals surface area contributed by atoms with Crippen LogP contribution in [-0.4, -0.2) is 16.1 Å². The zero-order valence-electron chi connectivity index (χ0n) is 8.11. The molecule has 3 nitrogen and oxygen atoms in total. The molecule has 1 aromatic rings. The van der Waals surface area contributed by atoms with Crippen molar-refractivity contribution in [2.75, 3.05) is 5.75 Å². The fraction of sp³-hybridized carbons (Fsp3) is 0.200. The van der Waals surface area contributed by atoms with E-state index in [-0.39, 0.29) is 0 Å². The van der Waals surface area contributed by atoms with Gasteiger partial charge in [-0.3, -0.25) is 0 Å². The fourth-order valence-electron chi connectivity index (χ4n) is 1.11. The minimum Gasteiger partial charge on any atom is -0.465 e. The Kier molecular flexibility index (Phi) is 3.28. The Morgan fingerprint density at radius 1 is 1.53 bits per heavy atom. The second-order valence-corrected chi connectivity index (χ2v) is 4.36. The summed E-state index contributed by atoms with van der Waals surface area (Å²) >= 11 is 7.50. The van der Waals surface area contributed by atoms with Crippen molar-refractivity contribution in [3.05, 3.63) is 29.9 Å². The van der Waals surface area contributed by atoms with Crippen LogP contribution >= 0.6 is 23.4 Å². The number of nitrogens with zero attached hydrogens (tertiary/aromatic N) is 2. The van der Waals surface area contributed by atoms with Gasteiger partial charge in [0.1, 0.15) is 11.5 Å². The largest absolute Gasteiger partial charge is 0.465 e. The summed E-state index contributed by atoms with van der Waals surface area (Å²) in [5, 5.41) is 1.13. The molecule has 0 atom stereocenters. The number of amidine groups is 1. The van der Waals surface area contributed by atoms with Crippen LogP contribution in [0.1, 0.15) is 12.7 Å². The van der Waals surface area contributed by atoms with Crippen molar-refractivity contribution in [2.24, 2.45) is 9.98 Å². The highest BCUT2D eigenvalue weighted by molar-refractivity contribution is 8.13. The van der Waals surface area contributed by atoms with Gasteiger partial charge in [-0.05, 0) is 17.9 Å². The van der Waals surface area contributed by atoms with E-state index < -0.39 is 0 Å². The number of thioether (sulfide) groups is 1. The molecular formula is C10H9ClN2OS. The van der Waals surface area contributed by atoms with Crippen molar-refractivity contribution < 1.29 is 4.42 Å². The number of halogens is 1. The number of hydrogen-bond donors (Lipinski definition) is 0. The monoisotopic (exact) mass is 240 g/mol. The standard InChI is InChI=1S/C10H9ClN2OS/c1-2-15-10-12-8(9(11)13-10)6-7-4-3-5-14-7/h3-6H,2H2,1H3/b8-6+. The number of hydrogen-bond acceptors (Lipinski definition) is 4. The summed E-state index contributed by atoms with van der Waals surface area (Å²) in [5.74, 6) is 1.66. The molecule has 0 aliphatic carbocycles. The van der Waals surface area contributed by atoms with Crippen molar-refractivity contribution >= 4 is 39.8 Å². The van der Waals surface area contributed by atoms with E-state index in [4.69, 9.17) is 16.0 Å². The van der Waals surface area contributed by atoms with Crippen LogP contribution in [0, 0.1) is 0 Å². The summed E-state index contributed by atoms with van der Waals surface area (Å²) in [5.41, 5.74) is 0.655. The highest BCUT2D eigenvalue weighted by Crippen LogP contribution is 2.21. The molecular weight excluding hydrogens is 232 g/mol. The Hall–Kier alpha value is -1.000. The molecule has 78 valence electrons. The first-order valence-corrected chi connectivity index (χ1v) is 5.87. The van der Waals surface area contributed by atoms with E-state index in [9.17, 15) is 0 Å². The van der Waals surface area contributed by atoms with Gasteiger partial charge in [-0.2, -0.15) is 0 Å². The normalized spacial score (nSPS) is 18.1. The predicted molar refractivity (Wildman–Crippen MR) is 65.5 cm³/mol. The quantitative estimate of drug-likeness (QED) is 0.795. The van der Waals surface area contributed by atoms with Crippen molar-refractivity contribution in [3.8, 4) is 0 Å². The van der Waals surface area contributed by atoms with Crippen molar-refractivity contribution in [3.63, 3.8) is 0 Å². The lowest BCUT2D eigenvalue weighted by atomic mass is 10.3.